The summed E-state index contributed by atoms with van der Waals surface area (Å²) < 4.78 is 4.50. The molecule has 7 aromatic carbocycles. The van der Waals surface area contributed by atoms with Crippen LogP contribution in [0.3, 0.4) is 0 Å². The van der Waals surface area contributed by atoms with E-state index in [4.69, 9.17) is 6.57 Å². The maximum atomic E-state index is 9.93. The summed E-state index contributed by atoms with van der Waals surface area (Å²) in [4.78, 5) is 3.94. The Kier molecular flexibility index (Phi) is 6.22. The predicted molar refractivity (Wildman–Crippen MR) is 197 cm³/mol. The molecule has 0 atom stereocenters. The van der Waals surface area contributed by atoms with Crippen LogP contribution in [0.25, 0.3) is 82.1 Å². The minimum Gasteiger partial charge on any atom is -0.318 e. The predicted octanol–water partition coefficient (Wildman–Crippen LogP) is 11.6. The molecule has 0 amide bonds. The van der Waals surface area contributed by atoms with Crippen molar-refractivity contribution in [3.63, 3.8) is 0 Å². The van der Waals surface area contributed by atoms with Crippen LogP contribution in [-0.2, 0) is 0 Å². The summed E-state index contributed by atoms with van der Waals surface area (Å²) in [6.07, 6.45) is 0. The molecule has 0 aliphatic carbocycles. The van der Waals surface area contributed by atoms with Crippen LogP contribution in [0.2, 0.25) is 0 Å². The molecule has 2 heterocycles. The molecule has 222 valence electrons. The lowest BCUT2D eigenvalue weighted by atomic mass is 9.96. The van der Waals surface area contributed by atoms with Gasteiger partial charge in [-0.1, -0.05) is 109 Å². The van der Waals surface area contributed by atoms with Crippen LogP contribution >= 0.6 is 0 Å². The first-order valence-corrected chi connectivity index (χ1v) is 15.9. The number of benzene rings is 7. The third-order valence-corrected chi connectivity index (χ3v) is 9.38. The zero-order chi connectivity index (χ0) is 32.2. The monoisotopic (exact) mass is 610 g/mol. The Morgan fingerprint density at radius 3 is 1.35 bits per heavy atom. The van der Waals surface area contributed by atoms with Gasteiger partial charge in [-0.2, -0.15) is 5.26 Å². The number of fused-ring (bicyclic) bond motifs is 6. The van der Waals surface area contributed by atoms with Gasteiger partial charge in [0.2, 0.25) is 5.69 Å². The number of nitriles is 1. The van der Waals surface area contributed by atoms with Gasteiger partial charge >= 0.3 is 0 Å². The quantitative estimate of drug-likeness (QED) is 0.183. The van der Waals surface area contributed by atoms with Gasteiger partial charge in [-0.15, -0.1) is 0 Å². The Labute approximate surface area is 277 Å². The van der Waals surface area contributed by atoms with Crippen molar-refractivity contribution in [1.29, 1.82) is 5.26 Å². The maximum Gasteiger partial charge on any atom is 0.212 e. The topological polar surface area (TPSA) is 38.0 Å². The van der Waals surface area contributed by atoms with Gasteiger partial charge in [-0.3, -0.25) is 0 Å². The van der Waals surface area contributed by atoms with E-state index in [1.165, 1.54) is 21.8 Å². The summed E-state index contributed by atoms with van der Waals surface area (Å²) in [7, 11) is 0. The molecule has 4 nitrogen and oxygen atoms in total. The van der Waals surface area contributed by atoms with Gasteiger partial charge in [0.05, 0.1) is 40.4 Å². The average molecular weight is 611 g/mol. The van der Waals surface area contributed by atoms with Gasteiger partial charge in [0.1, 0.15) is 0 Å². The molecule has 0 N–H and O–H groups in total. The van der Waals surface area contributed by atoms with Gasteiger partial charge in [0.25, 0.3) is 0 Å². The van der Waals surface area contributed by atoms with Crippen molar-refractivity contribution in [1.82, 2.24) is 9.13 Å². The SMILES string of the molecule is [C-]#[N+]c1cc(C#N)cc(-c2ccc(-c3ccc(-n4c5ccccc5c5ccccc54)cc3)cc2)c1-n1c2ccccc2c2ccccc21. The molecular weight excluding hydrogens is 585 g/mol. The third kappa shape index (κ3) is 4.14. The van der Waals surface area contributed by atoms with Crippen LogP contribution in [0.1, 0.15) is 5.56 Å². The van der Waals surface area contributed by atoms with Crippen LogP contribution in [-0.4, -0.2) is 9.13 Å². The van der Waals surface area contributed by atoms with Crippen molar-refractivity contribution in [2.24, 2.45) is 0 Å². The van der Waals surface area contributed by atoms with E-state index in [2.05, 4.69) is 141 Å². The minimum atomic E-state index is 0.445. The number of aromatic nitrogens is 2. The second-order valence-corrected chi connectivity index (χ2v) is 12.0. The number of hydrogen-bond donors (Lipinski definition) is 0. The first-order chi connectivity index (χ1) is 23.7. The number of nitrogens with zero attached hydrogens (tertiary/aromatic N) is 4. The van der Waals surface area contributed by atoms with Crippen molar-refractivity contribution >= 4 is 49.3 Å². The van der Waals surface area contributed by atoms with Gasteiger partial charge in [-0.05, 0) is 70.8 Å². The highest BCUT2D eigenvalue weighted by atomic mass is 15.0. The van der Waals surface area contributed by atoms with E-state index in [-0.39, 0.29) is 0 Å². The molecule has 0 fully saturated rings. The van der Waals surface area contributed by atoms with Crippen molar-refractivity contribution in [2.75, 3.05) is 0 Å². The van der Waals surface area contributed by atoms with Crippen LogP contribution in [0.15, 0.2) is 158 Å². The van der Waals surface area contributed by atoms with Gasteiger partial charge < -0.3 is 9.13 Å². The van der Waals surface area contributed by atoms with E-state index in [9.17, 15) is 5.26 Å². The van der Waals surface area contributed by atoms with Crippen molar-refractivity contribution in [2.45, 2.75) is 0 Å². The first-order valence-electron chi connectivity index (χ1n) is 15.9. The molecule has 0 aliphatic heterocycles. The van der Waals surface area contributed by atoms with Crippen LogP contribution < -0.4 is 0 Å². The zero-order valence-electron chi connectivity index (χ0n) is 25.8. The van der Waals surface area contributed by atoms with E-state index < -0.39 is 0 Å². The molecule has 48 heavy (non-hydrogen) atoms. The van der Waals surface area contributed by atoms with E-state index in [1.807, 2.05) is 30.3 Å². The lowest BCUT2D eigenvalue weighted by Crippen LogP contribution is -1.99. The molecule has 0 aliphatic rings. The maximum absolute atomic E-state index is 9.93. The van der Waals surface area contributed by atoms with Crippen molar-refractivity contribution < 1.29 is 0 Å². The highest BCUT2D eigenvalue weighted by Crippen LogP contribution is 2.42. The standard InChI is InChI=1S/C44H26N4/c1-46-39-27-29(28-45)26-38(44(39)48-42-16-8-4-12-36(42)37-13-5-9-17-43(37)48)32-20-18-30(19-21-32)31-22-24-33(25-23-31)47-40-14-6-2-10-34(40)35-11-3-7-15-41(35)47/h2-27H. The molecule has 0 saturated carbocycles. The molecule has 0 unspecified atom stereocenters. The van der Waals surface area contributed by atoms with Crippen molar-refractivity contribution in [3.05, 3.63) is 175 Å². The second kappa shape index (κ2) is 10.9. The van der Waals surface area contributed by atoms with Gasteiger partial charge in [0, 0.05) is 32.8 Å². The number of hydrogen-bond acceptors (Lipinski definition) is 1. The molecule has 0 saturated heterocycles. The zero-order valence-corrected chi connectivity index (χ0v) is 25.8. The molecular formula is C44H26N4. The largest absolute Gasteiger partial charge is 0.318 e. The van der Waals surface area contributed by atoms with Crippen LogP contribution in [0.5, 0.6) is 0 Å². The molecule has 9 aromatic rings. The second-order valence-electron chi connectivity index (χ2n) is 12.0. The highest BCUT2D eigenvalue weighted by Gasteiger charge is 2.20. The number of para-hydroxylation sites is 4. The lowest BCUT2D eigenvalue weighted by molar-refractivity contribution is 1.18. The van der Waals surface area contributed by atoms with Gasteiger partial charge in [-0.25, -0.2) is 4.85 Å². The summed E-state index contributed by atoms with van der Waals surface area (Å²) in [5, 5.41) is 14.7. The molecule has 2 aromatic heterocycles. The Morgan fingerprint density at radius 2 is 0.896 bits per heavy atom. The molecule has 0 bridgehead atoms. The fourth-order valence-electron chi connectivity index (χ4n) is 7.23. The summed E-state index contributed by atoms with van der Waals surface area (Å²) in [5.74, 6) is 0. The van der Waals surface area contributed by atoms with E-state index >= 15 is 0 Å². The smallest absolute Gasteiger partial charge is 0.212 e. The normalized spacial score (nSPS) is 11.3. The van der Waals surface area contributed by atoms with Crippen LogP contribution in [0.4, 0.5) is 5.69 Å². The van der Waals surface area contributed by atoms with Gasteiger partial charge in [0.15, 0.2) is 0 Å². The van der Waals surface area contributed by atoms with E-state index in [0.717, 1.165) is 55.4 Å². The summed E-state index contributed by atoms with van der Waals surface area (Å²) in [6.45, 7) is 8.14. The van der Waals surface area contributed by atoms with Crippen LogP contribution in [0, 0.1) is 17.9 Å². The Balaban J connectivity index is 1.16. The Morgan fingerprint density at radius 1 is 0.479 bits per heavy atom. The fraction of sp³-hybridized carbons (Fsp3) is 0. The molecule has 9 rings (SSSR count). The summed E-state index contributed by atoms with van der Waals surface area (Å²) in [6, 6.07) is 56.7. The van der Waals surface area contributed by atoms with Crippen molar-refractivity contribution in [3.8, 4) is 39.7 Å². The molecule has 0 radical (unpaired) electrons. The highest BCUT2D eigenvalue weighted by molar-refractivity contribution is 6.11. The van der Waals surface area contributed by atoms with E-state index in [1.54, 1.807) is 6.07 Å². The average Bonchev–Trinajstić information content (AvgIpc) is 3.67. The molecule has 4 heteroatoms. The number of rotatable bonds is 4. The summed E-state index contributed by atoms with van der Waals surface area (Å²) in [5.41, 5.74) is 11.2. The van der Waals surface area contributed by atoms with E-state index in [0.29, 0.717) is 11.3 Å². The lowest BCUT2D eigenvalue weighted by Gasteiger charge is -2.17. The fourth-order valence-corrected chi connectivity index (χ4v) is 7.23. The Bertz CT molecular complexity index is 2680. The Hall–Kier alpha value is -6.88. The third-order valence-electron chi connectivity index (χ3n) is 9.38. The first kappa shape index (κ1) is 27.4. The summed E-state index contributed by atoms with van der Waals surface area (Å²) >= 11 is 0. The minimum absolute atomic E-state index is 0.445. The molecule has 0 spiro atoms.